The summed E-state index contributed by atoms with van der Waals surface area (Å²) in [4.78, 5) is 14.6. The number of amides is 1. The summed E-state index contributed by atoms with van der Waals surface area (Å²) in [5.74, 6) is 0.0582. The number of nitrogens with one attached hydrogen (secondary N) is 1. The Morgan fingerprint density at radius 1 is 1.25 bits per heavy atom. The van der Waals surface area contributed by atoms with Crippen LogP contribution < -0.4 is 5.32 Å². The van der Waals surface area contributed by atoms with Gasteiger partial charge in [0.2, 0.25) is 15.9 Å². The van der Waals surface area contributed by atoms with Crippen LogP contribution in [0, 0.1) is 31.1 Å². The van der Waals surface area contributed by atoms with Gasteiger partial charge in [0, 0.05) is 26.2 Å². The van der Waals surface area contributed by atoms with Crippen LogP contribution in [0.3, 0.4) is 0 Å². The van der Waals surface area contributed by atoms with Crippen molar-refractivity contribution in [2.45, 2.75) is 44.0 Å². The van der Waals surface area contributed by atoms with Gasteiger partial charge in [-0.1, -0.05) is 17.7 Å². The van der Waals surface area contributed by atoms with E-state index in [2.05, 4.69) is 11.4 Å². The van der Waals surface area contributed by atoms with Crippen LogP contribution in [0.1, 0.15) is 30.9 Å². The molecule has 1 aliphatic carbocycles. The first-order valence-electron chi connectivity index (χ1n) is 9.68. The van der Waals surface area contributed by atoms with Gasteiger partial charge in [0.15, 0.2) is 0 Å². The zero-order valence-electron chi connectivity index (χ0n) is 16.7. The molecule has 1 saturated heterocycles. The SMILES string of the molecule is Cc1ccc(S(=O)(=O)N2CCN(CC(=O)N[C@@](C)(C#N)C3CC3)CC2)c(C)c1. The van der Waals surface area contributed by atoms with Crippen molar-refractivity contribution in [1.29, 1.82) is 5.26 Å². The lowest BCUT2D eigenvalue weighted by Gasteiger charge is -2.34. The van der Waals surface area contributed by atoms with Crippen molar-refractivity contribution in [3.05, 3.63) is 29.3 Å². The highest BCUT2D eigenvalue weighted by molar-refractivity contribution is 7.89. The van der Waals surface area contributed by atoms with Gasteiger partial charge in [-0.3, -0.25) is 9.69 Å². The minimum absolute atomic E-state index is 0.179. The molecule has 8 heteroatoms. The number of aryl methyl sites for hydroxylation is 2. The molecule has 2 fully saturated rings. The van der Waals surface area contributed by atoms with Crippen LogP contribution in [0.25, 0.3) is 0 Å². The van der Waals surface area contributed by atoms with E-state index in [0.29, 0.717) is 31.1 Å². The molecule has 1 aromatic rings. The van der Waals surface area contributed by atoms with E-state index < -0.39 is 15.6 Å². The summed E-state index contributed by atoms with van der Waals surface area (Å²) in [6.07, 6.45) is 1.94. The summed E-state index contributed by atoms with van der Waals surface area (Å²) in [5.41, 5.74) is 0.978. The highest BCUT2D eigenvalue weighted by Crippen LogP contribution is 2.39. The molecule has 7 nitrogen and oxygen atoms in total. The summed E-state index contributed by atoms with van der Waals surface area (Å²) in [5, 5.41) is 12.2. The number of carbonyl (C=O) groups is 1. The van der Waals surface area contributed by atoms with Gasteiger partial charge in [-0.05, 0) is 51.2 Å². The normalized spacial score (nSPS) is 20.9. The number of nitrogens with zero attached hydrogens (tertiary/aromatic N) is 3. The zero-order chi connectivity index (χ0) is 20.5. The van der Waals surface area contributed by atoms with Crippen molar-refractivity contribution in [3.63, 3.8) is 0 Å². The van der Waals surface area contributed by atoms with Crippen LogP contribution >= 0.6 is 0 Å². The Labute approximate surface area is 167 Å². The fourth-order valence-electron chi connectivity index (χ4n) is 3.77. The van der Waals surface area contributed by atoms with Gasteiger partial charge in [0.25, 0.3) is 0 Å². The molecule has 2 aliphatic rings. The maximum Gasteiger partial charge on any atom is 0.243 e. The van der Waals surface area contributed by atoms with E-state index in [0.717, 1.165) is 24.0 Å². The van der Waals surface area contributed by atoms with E-state index in [1.54, 1.807) is 13.0 Å². The summed E-state index contributed by atoms with van der Waals surface area (Å²) in [7, 11) is -3.53. The predicted octanol–water partition coefficient (Wildman–Crippen LogP) is 1.42. The van der Waals surface area contributed by atoms with Gasteiger partial charge in [0.1, 0.15) is 5.54 Å². The standard InChI is InChI=1S/C20H28N4O3S/c1-15-4-7-18(16(2)12-15)28(26,27)24-10-8-23(9-11-24)13-19(25)22-20(3,14-21)17-5-6-17/h4,7,12,17H,5-6,8-11,13H2,1-3H3,(H,22,25)/t20-/m0/s1. The van der Waals surface area contributed by atoms with E-state index in [9.17, 15) is 18.5 Å². The second-order valence-corrected chi connectivity index (χ2v) is 9.99. The van der Waals surface area contributed by atoms with Crippen LogP contribution in [0.5, 0.6) is 0 Å². The summed E-state index contributed by atoms with van der Waals surface area (Å²) >= 11 is 0. The van der Waals surface area contributed by atoms with Crippen molar-refractivity contribution >= 4 is 15.9 Å². The second kappa shape index (κ2) is 7.82. The Balaban J connectivity index is 1.57. The molecule has 3 rings (SSSR count). The third-order valence-corrected chi connectivity index (χ3v) is 7.73. The number of piperazine rings is 1. The van der Waals surface area contributed by atoms with Crippen LogP contribution in [-0.4, -0.2) is 61.8 Å². The van der Waals surface area contributed by atoms with Crippen molar-refractivity contribution < 1.29 is 13.2 Å². The lowest BCUT2D eigenvalue weighted by Crippen LogP contribution is -2.54. The van der Waals surface area contributed by atoms with Gasteiger partial charge < -0.3 is 5.32 Å². The molecule has 1 atom stereocenters. The molecule has 0 aromatic heterocycles. The molecule has 152 valence electrons. The van der Waals surface area contributed by atoms with Crippen LogP contribution in [0.15, 0.2) is 23.1 Å². The van der Waals surface area contributed by atoms with Crippen molar-refractivity contribution in [2.75, 3.05) is 32.7 Å². The minimum Gasteiger partial charge on any atom is -0.337 e. The molecule has 0 spiro atoms. The van der Waals surface area contributed by atoms with Crippen molar-refractivity contribution in [3.8, 4) is 6.07 Å². The number of hydrogen-bond acceptors (Lipinski definition) is 5. The quantitative estimate of drug-likeness (QED) is 0.774. The van der Waals surface area contributed by atoms with E-state index >= 15 is 0 Å². The third-order valence-electron chi connectivity index (χ3n) is 5.67. The van der Waals surface area contributed by atoms with Gasteiger partial charge in [0.05, 0.1) is 17.5 Å². The molecular formula is C20H28N4O3S. The highest BCUT2D eigenvalue weighted by atomic mass is 32.2. The number of carbonyl (C=O) groups excluding carboxylic acids is 1. The second-order valence-electron chi connectivity index (χ2n) is 8.09. The molecule has 0 unspecified atom stereocenters. The molecule has 28 heavy (non-hydrogen) atoms. The fraction of sp³-hybridized carbons (Fsp3) is 0.600. The first-order chi connectivity index (χ1) is 13.2. The lowest BCUT2D eigenvalue weighted by atomic mass is 9.98. The first kappa shape index (κ1) is 20.8. The Kier molecular flexibility index (Phi) is 5.80. The van der Waals surface area contributed by atoms with Crippen molar-refractivity contribution in [1.82, 2.24) is 14.5 Å². The predicted molar refractivity (Wildman–Crippen MR) is 106 cm³/mol. The molecule has 0 bridgehead atoms. The maximum atomic E-state index is 12.9. The monoisotopic (exact) mass is 404 g/mol. The van der Waals surface area contributed by atoms with E-state index in [1.165, 1.54) is 4.31 Å². The van der Waals surface area contributed by atoms with Gasteiger partial charge in [-0.2, -0.15) is 9.57 Å². The average molecular weight is 405 g/mol. The van der Waals surface area contributed by atoms with Crippen LogP contribution in [-0.2, 0) is 14.8 Å². The molecular weight excluding hydrogens is 376 g/mol. The summed E-state index contributed by atoms with van der Waals surface area (Å²) < 4.78 is 27.4. The molecule has 0 radical (unpaired) electrons. The maximum absolute atomic E-state index is 12.9. The zero-order valence-corrected chi connectivity index (χ0v) is 17.6. The molecule has 1 N–H and O–H groups in total. The number of hydrogen-bond donors (Lipinski definition) is 1. The molecule has 1 heterocycles. The minimum atomic E-state index is -3.53. The average Bonchev–Trinajstić information content (AvgIpc) is 3.47. The Bertz CT molecular complexity index is 897. The molecule has 1 aromatic carbocycles. The largest absolute Gasteiger partial charge is 0.337 e. The lowest BCUT2D eigenvalue weighted by molar-refractivity contribution is -0.123. The summed E-state index contributed by atoms with van der Waals surface area (Å²) in [6, 6.07) is 7.58. The first-order valence-corrected chi connectivity index (χ1v) is 11.1. The van der Waals surface area contributed by atoms with Gasteiger partial charge >= 0.3 is 0 Å². The number of benzene rings is 1. The van der Waals surface area contributed by atoms with Gasteiger partial charge in [-0.25, -0.2) is 8.42 Å². The molecule has 1 aliphatic heterocycles. The molecule has 1 amide bonds. The van der Waals surface area contributed by atoms with Crippen molar-refractivity contribution in [2.24, 2.45) is 5.92 Å². The number of nitriles is 1. The van der Waals surface area contributed by atoms with E-state index in [1.807, 2.05) is 30.9 Å². The van der Waals surface area contributed by atoms with E-state index in [-0.39, 0.29) is 18.4 Å². The van der Waals surface area contributed by atoms with Gasteiger partial charge in [-0.15, -0.1) is 0 Å². The fourth-order valence-corrected chi connectivity index (χ4v) is 5.40. The Morgan fingerprint density at radius 2 is 1.89 bits per heavy atom. The van der Waals surface area contributed by atoms with Crippen LogP contribution in [0.2, 0.25) is 0 Å². The third kappa shape index (κ3) is 4.37. The van der Waals surface area contributed by atoms with Crippen LogP contribution in [0.4, 0.5) is 0 Å². The number of rotatable bonds is 6. The Morgan fingerprint density at radius 3 is 2.43 bits per heavy atom. The number of sulfonamides is 1. The molecule has 1 saturated carbocycles. The Hall–Kier alpha value is -1.95. The topological polar surface area (TPSA) is 93.5 Å². The highest BCUT2D eigenvalue weighted by Gasteiger charge is 2.43. The van der Waals surface area contributed by atoms with E-state index in [4.69, 9.17) is 0 Å². The smallest absolute Gasteiger partial charge is 0.243 e. The summed E-state index contributed by atoms with van der Waals surface area (Å²) in [6.45, 7) is 7.38.